The van der Waals surface area contributed by atoms with E-state index in [-0.39, 0.29) is 36.7 Å². The minimum Gasteiger partial charge on any atom is -0.366 e. The summed E-state index contributed by atoms with van der Waals surface area (Å²) in [4.78, 5) is 47.3. The number of amides is 2. The number of ether oxygens (including phenoxy) is 1. The Morgan fingerprint density at radius 1 is 1.14 bits per heavy atom. The van der Waals surface area contributed by atoms with Crippen LogP contribution in [0.2, 0.25) is 0 Å². The molecule has 0 spiro atoms. The summed E-state index contributed by atoms with van der Waals surface area (Å²) in [6, 6.07) is 6.54. The van der Waals surface area contributed by atoms with Gasteiger partial charge in [-0.2, -0.15) is 0 Å². The fraction of sp³-hybridized carbons (Fsp3) is 0.556. The molecule has 4 fully saturated rings. The van der Waals surface area contributed by atoms with Gasteiger partial charge >= 0.3 is 0 Å². The Balaban J connectivity index is 1.22. The van der Waals surface area contributed by atoms with Gasteiger partial charge in [0.15, 0.2) is 5.78 Å². The molecule has 1 N–H and O–H groups in total. The molecular formula is C27H30ClN3O4S. The van der Waals surface area contributed by atoms with E-state index in [1.807, 2.05) is 24.4 Å². The highest BCUT2D eigenvalue weighted by molar-refractivity contribution is 7.17. The van der Waals surface area contributed by atoms with Crippen LogP contribution in [0, 0.1) is 5.92 Å². The van der Waals surface area contributed by atoms with Gasteiger partial charge < -0.3 is 15.0 Å². The van der Waals surface area contributed by atoms with E-state index >= 15 is 0 Å². The number of Topliss-reactive ketones (excluding diaryl/α,β-unsaturated/α-hetero) is 1. The number of ketones is 1. The number of hydrogen-bond donors (Lipinski definition) is 1. The standard InChI is InChI=1S/C27H30ClN3O4S/c28-18-13-31(24-20(32)14-35-25(18)24)27(34)23(16-4-2-1-3-5-16)30-26(33)22-9-8-21(36-22)17-10-11-29-19(12-17)15-6-7-15/h8-12,15-16,18,23-25H,1-7,13-14H2,(H,30,33). The van der Waals surface area contributed by atoms with Gasteiger partial charge in [-0.3, -0.25) is 19.4 Å². The van der Waals surface area contributed by atoms with Crippen molar-refractivity contribution >= 4 is 40.5 Å². The van der Waals surface area contributed by atoms with Crippen molar-refractivity contribution in [3.63, 3.8) is 0 Å². The number of nitrogens with zero attached hydrogens (tertiary/aromatic N) is 2. The summed E-state index contributed by atoms with van der Waals surface area (Å²) in [5.74, 6) is 0.0214. The van der Waals surface area contributed by atoms with Crippen LogP contribution in [0.15, 0.2) is 30.5 Å². The van der Waals surface area contributed by atoms with Gasteiger partial charge in [-0.25, -0.2) is 0 Å². The van der Waals surface area contributed by atoms with Crippen LogP contribution in [0.4, 0.5) is 0 Å². The van der Waals surface area contributed by atoms with E-state index in [2.05, 4.69) is 16.4 Å². The Labute approximate surface area is 219 Å². The lowest BCUT2D eigenvalue weighted by Gasteiger charge is -2.34. The largest absolute Gasteiger partial charge is 0.366 e. The normalized spacial score (nSPS) is 27.2. The molecule has 190 valence electrons. The molecular weight excluding hydrogens is 498 g/mol. The number of hydrogen-bond acceptors (Lipinski definition) is 6. The SMILES string of the molecule is O=C(NC(C(=O)N1CC(Cl)C2OCC(=O)C21)C1CCCCC1)c1ccc(-c2ccnc(C3CC3)c2)s1. The molecule has 4 unspecified atom stereocenters. The Morgan fingerprint density at radius 2 is 1.94 bits per heavy atom. The number of carbonyl (C=O) groups is 3. The molecule has 6 rings (SSSR count). The van der Waals surface area contributed by atoms with Gasteiger partial charge in [0.25, 0.3) is 5.91 Å². The van der Waals surface area contributed by atoms with Crippen molar-refractivity contribution in [2.24, 2.45) is 5.92 Å². The maximum Gasteiger partial charge on any atom is 0.262 e. The summed E-state index contributed by atoms with van der Waals surface area (Å²) in [6.07, 6.45) is 8.70. The molecule has 2 aromatic heterocycles. The van der Waals surface area contributed by atoms with Crippen LogP contribution in [0.3, 0.4) is 0 Å². The average molecular weight is 528 g/mol. The van der Waals surface area contributed by atoms with Gasteiger partial charge in [-0.1, -0.05) is 19.3 Å². The third-order valence-corrected chi connectivity index (χ3v) is 9.49. The van der Waals surface area contributed by atoms with Crippen LogP contribution >= 0.6 is 22.9 Å². The fourth-order valence-electron chi connectivity index (χ4n) is 5.88. The van der Waals surface area contributed by atoms with Gasteiger partial charge in [0.2, 0.25) is 5.91 Å². The lowest BCUT2D eigenvalue weighted by atomic mass is 9.83. The summed E-state index contributed by atoms with van der Waals surface area (Å²) in [5.41, 5.74) is 2.17. The fourth-order valence-corrected chi connectivity index (χ4v) is 7.15. The molecule has 2 amide bonds. The smallest absolute Gasteiger partial charge is 0.262 e. The predicted octanol–water partition coefficient (Wildman–Crippen LogP) is 4.15. The van der Waals surface area contributed by atoms with E-state index in [9.17, 15) is 14.4 Å². The highest BCUT2D eigenvalue weighted by atomic mass is 35.5. The Morgan fingerprint density at radius 3 is 2.72 bits per heavy atom. The summed E-state index contributed by atoms with van der Waals surface area (Å²) >= 11 is 7.87. The van der Waals surface area contributed by atoms with E-state index in [0.29, 0.717) is 10.8 Å². The second-order valence-electron chi connectivity index (χ2n) is 10.5. The van der Waals surface area contributed by atoms with Gasteiger partial charge in [-0.05, 0) is 61.4 Å². The number of alkyl halides is 1. The van der Waals surface area contributed by atoms with E-state index in [4.69, 9.17) is 16.3 Å². The Kier molecular flexibility index (Phi) is 6.60. The number of pyridine rings is 1. The van der Waals surface area contributed by atoms with Crippen molar-refractivity contribution in [2.75, 3.05) is 13.2 Å². The van der Waals surface area contributed by atoms with Crippen LogP contribution in [0.25, 0.3) is 10.4 Å². The van der Waals surface area contributed by atoms with Crippen LogP contribution in [0.5, 0.6) is 0 Å². The van der Waals surface area contributed by atoms with Crippen LogP contribution in [-0.2, 0) is 14.3 Å². The highest BCUT2D eigenvalue weighted by Gasteiger charge is 2.53. The van der Waals surface area contributed by atoms with Crippen molar-refractivity contribution in [3.05, 3.63) is 41.0 Å². The number of rotatable bonds is 6. The number of fused-ring (bicyclic) bond motifs is 1. The van der Waals surface area contributed by atoms with E-state index in [0.717, 1.165) is 48.2 Å². The zero-order valence-corrected chi connectivity index (χ0v) is 21.6. The van der Waals surface area contributed by atoms with E-state index < -0.39 is 23.6 Å². The molecule has 0 bridgehead atoms. The second-order valence-corrected chi connectivity index (χ2v) is 12.1. The molecule has 7 nitrogen and oxygen atoms in total. The van der Waals surface area contributed by atoms with E-state index in [1.165, 1.54) is 24.2 Å². The molecule has 0 radical (unpaired) electrons. The van der Waals surface area contributed by atoms with Crippen LogP contribution < -0.4 is 5.32 Å². The number of carbonyl (C=O) groups excluding carboxylic acids is 3. The number of nitrogens with one attached hydrogen (secondary N) is 1. The summed E-state index contributed by atoms with van der Waals surface area (Å²) in [6.45, 7) is 0.243. The molecule has 2 aliphatic carbocycles. The van der Waals surface area contributed by atoms with Crippen molar-refractivity contribution in [2.45, 2.75) is 74.4 Å². The Bertz CT molecular complexity index is 1180. The summed E-state index contributed by atoms with van der Waals surface area (Å²) < 4.78 is 5.56. The molecule has 2 saturated heterocycles. The second kappa shape index (κ2) is 9.88. The number of halogens is 1. The molecule has 9 heteroatoms. The third-order valence-electron chi connectivity index (χ3n) is 7.97. The third kappa shape index (κ3) is 4.59. The number of thiophene rings is 1. The molecule has 4 aliphatic rings. The van der Waals surface area contributed by atoms with Crippen molar-refractivity contribution in [1.82, 2.24) is 15.2 Å². The monoisotopic (exact) mass is 527 g/mol. The first-order chi connectivity index (χ1) is 17.5. The van der Waals surface area contributed by atoms with Gasteiger partial charge in [0.05, 0.1) is 10.3 Å². The number of aromatic nitrogens is 1. The zero-order chi connectivity index (χ0) is 24.8. The molecule has 2 aromatic rings. The average Bonchev–Trinajstić information content (AvgIpc) is 3.35. The van der Waals surface area contributed by atoms with E-state index in [1.54, 1.807) is 4.90 Å². The lowest BCUT2D eigenvalue weighted by Crippen LogP contribution is -2.55. The Hall–Kier alpha value is -2.29. The zero-order valence-electron chi connectivity index (χ0n) is 20.0. The number of likely N-dealkylation sites (tertiary alicyclic amines) is 1. The summed E-state index contributed by atoms with van der Waals surface area (Å²) in [7, 11) is 0. The van der Waals surface area contributed by atoms with Gasteiger partial charge in [0.1, 0.15) is 24.8 Å². The molecule has 4 heterocycles. The topological polar surface area (TPSA) is 88.6 Å². The molecule has 0 aromatic carbocycles. The molecule has 2 aliphatic heterocycles. The molecule has 36 heavy (non-hydrogen) atoms. The molecule has 2 saturated carbocycles. The lowest BCUT2D eigenvalue weighted by molar-refractivity contribution is -0.139. The minimum absolute atomic E-state index is 0.0156. The maximum atomic E-state index is 13.8. The summed E-state index contributed by atoms with van der Waals surface area (Å²) in [5, 5.41) is 2.64. The first-order valence-electron chi connectivity index (χ1n) is 13.0. The maximum absolute atomic E-state index is 13.8. The van der Waals surface area contributed by atoms with Crippen molar-refractivity contribution in [3.8, 4) is 10.4 Å². The van der Waals surface area contributed by atoms with Gasteiger partial charge in [-0.15, -0.1) is 22.9 Å². The highest BCUT2D eigenvalue weighted by Crippen LogP contribution is 2.40. The van der Waals surface area contributed by atoms with Crippen LogP contribution in [-0.4, -0.2) is 64.2 Å². The predicted molar refractivity (Wildman–Crippen MR) is 137 cm³/mol. The van der Waals surface area contributed by atoms with Crippen molar-refractivity contribution in [1.29, 1.82) is 0 Å². The quantitative estimate of drug-likeness (QED) is 0.570. The van der Waals surface area contributed by atoms with Crippen LogP contribution in [0.1, 0.15) is 66.2 Å². The van der Waals surface area contributed by atoms with Crippen molar-refractivity contribution < 1.29 is 19.1 Å². The molecule has 4 atom stereocenters. The first-order valence-corrected chi connectivity index (χ1v) is 14.2. The van der Waals surface area contributed by atoms with Gasteiger partial charge in [0, 0.05) is 29.2 Å². The first kappa shape index (κ1) is 24.1. The minimum atomic E-state index is -0.679.